The smallest absolute Gasteiger partial charge is 0.145 e. The van der Waals surface area contributed by atoms with E-state index in [9.17, 15) is 0 Å². The minimum Gasteiger partial charge on any atom is -0.428 e. The van der Waals surface area contributed by atoms with E-state index in [4.69, 9.17) is 4.43 Å². The van der Waals surface area contributed by atoms with Crippen LogP contribution in [0.1, 0.15) is 72.1 Å². The van der Waals surface area contributed by atoms with Crippen molar-refractivity contribution in [1.82, 2.24) is 0 Å². The first-order chi connectivity index (χ1) is 7.18. The van der Waals surface area contributed by atoms with Crippen LogP contribution in [-0.2, 0) is 4.43 Å². The third-order valence-electron chi connectivity index (χ3n) is 3.40. The molecule has 0 aromatic heterocycles. The van der Waals surface area contributed by atoms with Crippen molar-refractivity contribution >= 4 is 10.5 Å². The van der Waals surface area contributed by atoms with Crippen LogP contribution in [0.15, 0.2) is 0 Å². The Morgan fingerprint density at radius 2 is 1.40 bits per heavy atom. The van der Waals surface area contributed by atoms with Crippen LogP contribution in [0.3, 0.4) is 0 Å². The van der Waals surface area contributed by atoms with Crippen LogP contribution in [-0.4, -0.2) is 17.1 Å². The third kappa shape index (κ3) is 8.03. The molecule has 0 aliphatic rings. The average molecular weight is 230 g/mol. The first-order valence-electron chi connectivity index (χ1n) is 6.67. The van der Waals surface area contributed by atoms with Gasteiger partial charge in [0.15, 0.2) is 0 Å². The molecular formula is C13H30OSi. The SMILES string of the molecule is CCCCC(C)(CCCC)CCCO[SiH3]. The Kier molecular flexibility index (Phi) is 9.52. The van der Waals surface area contributed by atoms with Gasteiger partial charge in [0.1, 0.15) is 10.5 Å². The summed E-state index contributed by atoms with van der Waals surface area (Å²) in [5.74, 6) is 0. The van der Waals surface area contributed by atoms with Crippen LogP contribution in [0.4, 0.5) is 0 Å². The Bertz CT molecular complexity index is 128. The third-order valence-corrected chi connectivity index (χ3v) is 3.80. The van der Waals surface area contributed by atoms with Gasteiger partial charge in [0.25, 0.3) is 0 Å². The topological polar surface area (TPSA) is 9.23 Å². The Balaban J connectivity index is 3.89. The van der Waals surface area contributed by atoms with Gasteiger partial charge in [-0.1, -0.05) is 46.5 Å². The predicted molar refractivity (Wildman–Crippen MR) is 72.3 cm³/mol. The summed E-state index contributed by atoms with van der Waals surface area (Å²) in [5.41, 5.74) is 0.589. The van der Waals surface area contributed by atoms with Gasteiger partial charge in [-0.2, -0.15) is 0 Å². The minimum atomic E-state index is 0.589. The zero-order valence-electron chi connectivity index (χ0n) is 11.3. The van der Waals surface area contributed by atoms with Crippen LogP contribution in [0.25, 0.3) is 0 Å². The Hall–Kier alpha value is 0.177. The molecular weight excluding hydrogens is 200 g/mol. The summed E-state index contributed by atoms with van der Waals surface area (Å²) >= 11 is 0. The highest BCUT2D eigenvalue weighted by molar-refractivity contribution is 5.97. The molecule has 92 valence electrons. The maximum Gasteiger partial charge on any atom is 0.145 e. The summed E-state index contributed by atoms with van der Waals surface area (Å²) in [5, 5.41) is 0. The second-order valence-corrected chi connectivity index (χ2v) is 5.69. The van der Waals surface area contributed by atoms with E-state index >= 15 is 0 Å². The van der Waals surface area contributed by atoms with Gasteiger partial charge >= 0.3 is 0 Å². The van der Waals surface area contributed by atoms with Crippen LogP contribution < -0.4 is 0 Å². The van der Waals surface area contributed by atoms with E-state index in [0.717, 1.165) is 17.1 Å². The molecule has 1 nitrogen and oxygen atoms in total. The van der Waals surface area contributed by atoms with E-state index in [0.29, 0.717) is 5.41 Å². The summed E-state index contributed by atoms with van der Waals surface area (Å²) in [6.07, 6.45) is 10.9. The van der Waals surface area contributed by atoms with E-state index in [1.54, 1.807) is 0 Å². The summed E-state index contributed by atoms with van der Waals surface area (Å²) < 4.78 is 5.29. The van der Waals surface area contributed by atoms with Gasteiger partial charge in [0.05, 0.1) is 0 Å². The van der Waals surface area contributed by atoms with Crippen molar-refractivity contribution in [3.8, 4) is 0 Å². The van der Waals surface area contributed by atoms with E-state index in [-0.39, 0.29) is 0 Å². The maximum absolute atomic E-state index is 5.29. The molecule has 0 aliphatic carbocycles. The standard InChI is InChI=1S/C13H30OSi/c1-4-6-9-13(3,10-7-5-2)11-8-12-14-15/h4-12H2,1-3,15H3. The fraction of sp³-hybridized carbons (Fsp3) is 1.00. The number of hydrogen-bond donors (Lipinski definition) is 0. The zero-order chi connectivity index (χ0) is 11.6. The van der Waals surface area contributed by atoms with Crippen molar-refractivity contribution in [2.24, 2.45) is 5.41 Å². The molecule has 0 saturated carbocycles. The molecule has 0 aliphatic heterocycles. The second kappa shape index (κ2) is 9.41. The quantitative estimate of drug-likeness (QED) is 0.412. The van der Waals surface area contributed by atoms with E-state index in [2.05, 4.69) is 20.8 Å². The molecule has 2 heteroatoms. The van der Waals surface area contributed by atoms with Gasteiger partial charge in [-0.15, -0.1) is 0 Å². The lowest BCUT2D eigenvalue weighted by Gasteiger charge is -2.29. The minimum absolute atomic E-state index is 0.589. The predicted octanol–water partition coefficient (Wildman–Crippen LogP) is 3.45. The number of rotatable bonds is 10. The van der Waals surface area contributed by atoms with Crippen LogP contribution in [0.2, 0.25) is 0 Å². The van der Waals surface area contributed by atoms with Crippen molar-refractivity contribution in [2.75, 3.05) is 6.61 Å². The normalized spacial score (nSPS) is 12.2. The molecule has 15 heavy (non-hydrogen) atoms. The molecule has 0 fully saturated rings. The summed E-state index contributed by atoms with van der Waals surface area (Å²) in [7, 11) is 0.896. The molecule has 0 heterocycles. The summed E-state index contributed by atoms with van der Waals surface area (Å²) in [4.78, 5) is 0. The first kappa shape index (κ1) is 15.2. The Morgan fingerprint density at radius 1 is 0.933 bits per heavy atom. The number of unbranched alkanes of at least 4 members (excludes halogenated alkanes) is 2. The number of hydrogen-bond acceptors (Lipinski definition) is 1. The fourth-order valence-electron chi connectivity index (χ4n) is 2.23. The highest BCUT2D eigenvalue weighted by Gasteiger charge is 2.22. The van der Waals surface area contributed by atoms with Gasteiger partial charge in [-0.05, 0) is 31.1 Å². The molecule has 0 aromatic rings. The largest absolute Gasteiger partial charge is 0.428 e. The fourth-order valence-corrected chi connectivity index (χ4v) is 2.51. The Labute approximate surface area is 99.5 Å². The van der Waals surface area contributed by atoms with Gasteiger partial charge in [0.2, 0.25) is 0 Å². The molecule has 0 saturated heterocycles. The molecule has 0 rings (SSSR count). The van der Waals surface area contributed by atoms with Gasteiger partial charge < -0.3 is 4.43 Å². The molecule has 0 bridgehead atoms. The summed E-state index contributed by atoms with van der Waals surface area (Å²) in [6.45, 7) is 8.05. The van der Waals surface area contributed by atoms with Crippen LogP contribution in [0.5, 0.6) is 0 Å². The molecule has 0 N–H and O–H groups in total. The molecule has 0 spiro atoms. The van der Waals surface area contributed by atoms with Crippen LogP contribution in [0, 0.1) is 5.41 Å². The van der Waals surface area contributed by atoms with Gasteiger partial charge in [0, 0.05) is 6.61 Å². The van der Waals surface area contributed by atoms with E-state index in [1.807, 2.05) is 0 Å². The lowest BCUT2D eigenvalue weighted by Crippen LogP contribution is -2.17. The second-order valence-electron chi connectivity index (χ2n) is 5.11. The first-order valence-corrected chi connectivity index (χ1v) is 7.49. The van der Waals surface area contributed by atoms with Crippen molar-refractivity contribution in [3.05, 3.63) is 0 Å². The monoisotopic (exact) mass is 230 g/mol. The molecule has 0 amide bonds. The van der Waals surface area contributed by atoms with Crippen LogP contribution >= 0.6 is 0 Å². The summed E-state index contributed by atoms with van der Waals surface area (Å²) in [6, 6.07) is 0. The van der Waals surface area contributed by atoms with Gasteiger partial charge in [-0.25, -0.2) is 0 Å². The van der Waals surface area contributed by atoms with Crippen molar-refractivity contribution in [2.45, 2.75) is 72.1 Å². The maximum atomic E-state index is 5.29. The lowest BCUT2D eigenvalue weighted by molar-refractivity contribution is 0.208. The molecule has 0 aromatic carbocycles. The molecule has 0 radical (unpaired) electrons. The van der Waals surface area contributed by atoms with Crippen molar-refractivity contribution in [1.29, 1.82) is 0 Å². The average Bonchev–Trinajstić information content (AvgIpc) is 2.24. The molecule has 0 unspecified atom stereocenters. The molecule has 0 atom stereocenters. The van der Waals surface area contributed by atoms with Crippen molar-refractivity contribution in [3.63, 3.8) is 0 Å². The highest BCUT2D eigenvalue weighted by atomic mass is 28.2. The zero-order valence-corrected chi connectivity index (χ0v) is 13.3. The van der Waals surface area contributed by atoms with Crippen molar-refractivity contribution < 1.29 is 4.43 Å². The van der Waals surface area contributed by atoms with E-state index in [1.165, 1.54) is 51.4 Å². The van der Waals surface area contributed by atoms with E-state index < -0.39 is 0 Å². The highest BCUT2D eigenvalue weighted by Crippen LogP contribution is 2.35. The van der Waals surface area contributed by atoms with Gasteiger partial charge in [-0.3, -0.25) is 0 Å². The lowest BCUT2D eigenvalue weighted by atomic mass is 9.77. The Morgan fingerprint density at radius 3 is 1.80 bits per heavy atom.